The molecule has 4 nitrogen and oxygen atoms in total. The first-order valence-electron chi connectivity index (χ1n) is 7.13. The Morgan fingerprint density at radius 3 is 2.43 bits per heavy atom. The summed E-state index contributed by atoms with van der Waals surface area (Å²) in [7, 11) is 3.93. The number of halogens is 1. The van der Waals surface area contributed by atoms with Crippen LogP contribution >= 0.6 is 15.9 Å². The molecule has 23 heavy (non-hydrogen) atoms. The zero-order valence-electron chi connectivity index (χ0n) is 12.9. The first-order chi connectivity index (χ1) is 11.0. The van der Waals surface area contributed by atoms with Gasteiger partial charge in [-0.05, 0) is 54.1 Å². The number of carbonyl (C=O) groups is 1. The molecule has 1 aliphatic rings. The van der Waals surface area contributed by atoms with Crippen LogP contribution in [0.2, 0.25) is 0 Å². The summed E-state index contributed by atoms with van der Waals surface area (Å²) in [6.45, 7) is 0.228. The van der Waals surface area contributed by atoms with Gasteiger partial charge in [0, 0.05) is 29.8 Å². The molecule has 0 aromatic heterocycles. The van der Waals surface area contributed by atoms with Gasteiger partial charge in [-0.2, -0.15) is 0 Å². The van der Waals surface area contributed by atoms with Crippen molar-refractivity contribution in [2.24, 2.45) is 0 Å². The van der Waals surface area contributed by atoms with E-state index < -0.39 is 0 Å². The lowest BCUT2D eigenvalue weighted by molar-refractivity contribution is 0.104. The number of rotatable bonds is 4. The summed E-state index contributed by atoms with van der Waals surface area (Å²) in [4.78, 5) is 14.3. The molecule has 0 aliphatic carbocycles. The van der Waals surface area contributed by atoms with E-state index >= 15 is 0 Å². The highest BCUT2D eigenvalue weighted by atomic mass is 79.9. The molecule has 0 N–H and O–H groups in total. The minimum atomic E-state index is -0.0418. The van der Waals surface area contributed by atoms with Gasteiger partial charge in [0.2, 0.25) is 6.79 Å². The first-order valence-corrected chi connectivity index (χ1v) is 7.93. The van der Waals surface area contributed by atoms with Gasteiger partial charge in [-0.3, -0.25) is 4.79 Å². The third-order valence-electron chi connectivity index (χ3n) is 3.57. The number of ketones is 1. The van der Waals surface area contributed by atoms with E-state index in [2.05, 4.69) is 15.9 Å². The second kappa shape index (κ2) is 6.46. The Morgan fingerprint density at radius 1 is 1.13 bits per heavy atom. The summed E-state index contributed by atoms with van der Waals surface area (Å²) in [5.74, 6) is 1.36. The van der Waals surface area contributed by atoms with Crippen LogP contribution in [0.5, 0.6) is 11.5 Å². The predicted molar refractivity (Wildman–Crippen MR) is 94.4 cm³/mol. The number of benzene rings is 2. The molecule has 0 spiro atoms. The lowest BCUT2D eigenvalue weighted by atomic mass is 10.1. The van der Waals surface area contributed by atoms with Gasteiger partial charge in [-0.1, -0.05) is 15.9 Å². The average Bonchev–Trinajstić information content (AvgIpc) is 2.99. The van der Waals surface area contributed by atoms with Crippen molar-refractivity contribution in [1.82, 2.24) is 0 Å². The maximum atomic E-state index is 12.3. The van der Waals surface area contributed by atoms with E-state index in [1.165, 1.54) is 0 Å². The van der Waals surface area contributed by atoms with E-state index in [1.54, 1.807) is 12.2 Å². The van der Waals surface area contributed by atoms with Gasteiger partial charge < -0.3 is 14.4 Å². The SMILES string of the molecule is CN(C)c1ccc(C(=O)/C=C/c2cc3c(cc2Br)OCO3)cc1. The standard InChI is InChI=1S/C18H16BrNO3/c1-20(2)14-6-3-12(4-7-14)16(21)8-5-13-9-17-18(10-15(13)19)23-11-22-17/h3-10H,11H2,1-2H3/b8-5+. The summed E-state index contributed by atoms with van der Waals surface area (Å²) in [5, 5.41) is 0. The van der Waals surface area contributed by atoms with Crippen molar-refractivity contribution in [2.45, 2.75) is 0 Å². The van der Waals surface area contributed by atoms with Crippen LogP contribution < -0.4 is 14.4 Å². The largest absolute Gasteiger partial charge is 0.454 e. The zero-order valence-corrected chi connectivity index (χ0v) is 14.5. The van der Waals surface area contributed by atoms with Crippen LogP contribution in [0.15, 0.2) is 46.9 Å². The smallest absolute Gasteiger partial charge is 0.231 e. The number of carbonyl (C=O) groups excluding carboxylic acids is 1. The number of fused-ring (bicyclic) bond motifs is 1. The van der Waals surface area contributed by atoms with Crippen molar-refractivity contribution < 1.29 is 14.3 Å². The lowest BCUT2D eigenvalue weighted by Crippen LogP contribution is -2.08. The number of ether oxygens (including phenoxy) is 2. The quantitative estimate of drug-likeness (QED) is 0.596. The van der Waals surface area contributed by atoms with Crippen LogP contribution in [0.3, 0.4) is 0 Å². The molecule has 2 aromatic rings. The van der Waals surface area contributed by atoms with E-state index in [0.717, 1.165) is 15.7 Å². The maximum absolute atomic E-state index is 12.3. The lowest BCUT2D eigenvalue weighted by Gasteiger charge is -2.11. The number of hydrogen-bond acceptors (Lipinski definition) is 4. The third kappa shape index (κ3) is 3.40. The molecule has 0 saturated heterocycles. The topological polar surface area (TPSA) is 38.8 Å². The molecule has 118 valence electrons. The molecule has 1 aliphatic heterocycles. The Hall–Kier alpha value is -2.27. The second-order valence-corrected chi connectivity index (χ2v) is 6.22. The number of hydrogen-bond donors (Lipinski definition) is 0. The van der Waals surface area contributed by atoms with Crippen LogP contribution in [-0.2, 0) is 0 Å². The van der Waals surface area contributed by atoms with Gasteiger partial charge >= 0.3 is 0 Å². The van der Waals surface area contributed by atoms with Crippen molar-refractivity contribution in [1.29, 1.82) is 0 Å². The summed E-state index contributed by atoms with van der Waals surface area (Å²) in [6, 6.07) is 11.2. The fourth-order valence-electron chi connectivity index (χ4n) is 2.25. The molecule has 3 rings (SSSR count). The normalized spacial score (nSPS) is 12.7. The van der Waals surface area contributed by atoms with E-state index in [1.807, 2.05) is 55.4 Å². The summed E-state index contributed by atoms with van der Waals surface area (Å²) >= 11 is 3.48. The highest BCUT2D eigenvalue weighted by molar-refractivity contribution is 9.10. The molecular weight excluding hydrogens is 358 g/mol. The van der Waals surface area contributed by atoms with Gasteiger partial charge in [0.1, 0.15) is 0 Å². The highest BCUT2D eigenvalue weighted by Gasteiger charge is 2.15. The Kier molecular flexibility index (Phi) is 4.39. The summed E-state index contributed by atoms with van der Waals surface area (Å²) in [6.07, 6.45) is 3.33. The fourth-order valence-corrected chi connectivity index (χ4v) is 2.70. The average molecular weight is 374 g/mol. The Balaban J connectivity index is 1.78. The van der Waals surface area contributed by atoms with E-state index in [9.17, 15) is 4.79 Å². The van der Waals surface area contributed by atoms with Crippen molar-refractivity contribution >= 4 is 33.5 Å². The molecular formula is C18H16BrNO3. The van der Waals surface area contributed by atoms with E-state index in [-0.39, 0.29) is 12.6 Å². The zero-order chi connectivity index (χ0) is 16.4. The molecule has 0 unspecified atom stereocenters. The predicted octanol–water partition coefficient (Wildman–Crippen LogP) is 4.14. The summed E-state index contributed by atoms with van der Waals surface area (Å²) < 4.78 is 11.5. The van der Waals surface area contributed by atoms with E-state index in [0.29, 0.717) is 17.1 Å². The molecule has 0 bridgehead atoms. The molecule has 1 heterocycles. The van der Waals surface area contributed by atoms with Crippen LogP contribution in [0, 0.1) is 0 Å². The number of allylic oxidation sites excluding steroid dienone is 1. The molecule has 5 heteroatoms. The van der Waals surface area contributed by atoms with Crippen LogP contribution in [0.25, 0.3) is 6.08 Å². The Labute approximate surface area is 143 Å². The molecule has 0 atom stereocenters. The van der Waals surface area contributed by atoms with Crippen molar-refractivity contribution in [3.63, 3.8) is 0 Å². The Morgan fingerprint density at radius 2 is 1.78 bits per heavy atom. The molecule has 0 radical (unpaired) electrons. The minimum absolute atomic E-state index is 0.0418. The molecule has 0 amide bonds. The van der Waals surface area contributed by atoms with Gasteiger partial charge in [-0.25, -0.2) is 0 Å². The maximum Gasteiger partial charge on any atom is 0.231 e. The first kappa shape index (κ1) is 15.6. The van der Waals surface area contributed by atoms with Crippen LogP contribution in [0.4, 0.5) is 5.69 Å². The number of nitrogens with zero attached hydrogens (tertiary/aromatic N) is 1. The molecule has 0 saturated carbocycles. The van der Waals surface area contributed by atoms with Crippen LogP contribution in [-0.4, -0.2) is 26.7 Å². The fraction of sp³-hybridized carbons (Fsp3) is 0.167. The van der Waals surface area contributed by atoms with Crippen LogP contribution in [0.1, 0.15) is 15.9 Å². The van der Waals surface area contributed by atoms with Gasteiger partial charge in [0.15, 0.2) is 17.3 Å². The van der Waals surface area contributed by atoms with E-state index in [4.69, 9.17) is 9.47 Å². The second-order valence-electron chi connectivity index (χ2n) is 5.37. The third-order valence-corrected chi connectivity index (χ3v) is 4.26. The highest BCUT2D eigenvalue weighted by Crippen LogP contribution is 2.37. The van der Waals surface area contributed by atoms with Gasteiger partial charge in [-0.15, -0.1) is 0 Å². The van der Waals surface area contributed by atoms with Gasteiger partial charge in [0.05, 0.1) is 0 Å². The molecule has 0 fully saturated rings. The Bertz CT molecular complexity index is 767. The van der Waals surface area contributed by atoms with Crippen molar-refractivity contribution in [2.75, 3.05) is 25.8 Å². The minimum Gasteiger partial charge on any atom is -0.454 e. The van der Waals surface area contributed by atoms with Crippen molar-refractivity contribution in [3.8, 4) is 11.5 Å². The van der Waals surface area contributed by atoms with Crippen molar-refractivity contribution in [3.05, 3.63) is 58.1 Å². The summed E-state index contributed by atoms with van der Waals surface area (Å²) in [5.41, 5.74) is 2.58. The monoisotopic (exact) mass is 373 g/mol. The molecule has 2 aromatic carbocycles. The van der Waals surface area contributed by atoms with Gasteiger partial charge in [0.25, 0.3) is 0 Å². The number of anilines is 1.